The number of aryl methyl sites for hydroxylation is 1. The molecule has 0 N–H and O–H groups in total. The van der Waals surface area contributed by atoms with Gasteiger partial charge in [0, 0.05) is 24.4 Å². The third kappa shape index (κ3) is 3.14. The first-order chi connectivity index (χ1) is 8.68. The summed E-state index contributed by atoms with van der Waals surface area (Å²) in [6.07, 6.45) is 1.14. The quantitative estimate of drug-likeness (QED) is 0.701. The molecule has 2 rings (SSSR count). The summed E-state index contributed by atoms with van der Waals surface area (Å²) in [4.78, 5) is 0. The standard InChI is InChI=1S/C16H23NO/c1-13(2)8-10-18-11-9-17-14(3)12-15-6-4-5-7-16(15)17/h4-7,12-13H,8-11H2,1-3H3. The molecule has 0 saturated carbocycles. The average molecular weight is 245 g/mol. The Kier molecular flexibility index (Phi) is 4.43. The van der Waals surface area contributed by atoms with Crippen molar-refractivity contribution in [3.63, 3.8) is 0 Å². The maximum Gasteiger partial charge on any atom is 0.0645 e. The van der Waals surface area contributed by atoms with Gasteiger partial charge in [0.2, 0.25) is 0 Å². The molecule has 0 aliphatic carbocycles. The molecule has 0 spiro atoms. The summed E-state index contributed by atoms with van der Waals surface area (Å²) < 4.78 is 8.04. The Bertz CT molecular complexity index is 499. The van der Waals surface area contributed by atoms with Crippen LogP contribution >= 0.6 is 0 Å². The lowest BCUT2D eigenvalue weighted by molar-refractivity contribution is 0.116. The molecule has 0 radical (unpaired) electrons. The Hall–Kier alpha value is -1.28. The molecule has 1 aromatic carbocycles. The van der Waals surface area contributed by atoms with Crippen LogP contribution in [0.25, 0.3) is 10.9 Å². The lowest BCUT2D eigenvalue weighted by Crippen LogP contribution is -2.08. The average Bonchev–Trinajstić information content (AvgIpc) is 2.65. The Morgan fingerprint density at radius 2 is 1.94 bits per heavy atom. The first kappa shape index (κ1) is 13.2. The normalized spacial score (nSPS) is 11.6. The minimum atomic E-state index is 0.721. The van der Waals surface area contributed by atoms with E-state index in [0.717, 1.165) is 32.1 Å². The molecule has 0 aliphatic heterocycles. The number of fused-ring (bicyclic) bond motifs is 1. The zero-order chi connectivity index (χ0) is 13.0. The van der Waals surface area contributed by atoms with Crippen LogP contribution in [0.5, 0.6) is 0 Å². The molecule has 1 aromatic heterocycles. The largest absolute Gasteiger partial charge is 0.380 e. The Balaban J connectivity index is 1.93. The summed E-state index contributed by atoms with van der Waals surface area (Å²) in [6.45, 7) is 9.23. The molecular formula is C16H23NO. The molecule has 0 fully saturated rings. The van der Waals surface area contributed by atoms with Gasteiger partial charge in [0.1, 0.15) is 0 Å². The number of aromatic nitrogens is 1. The number of nitrogens with zero attached hydrogens (tertiary/aromatic N) is 1. The van der Waals surface area contributed by atoms with Crippen LogP contribution in [0.15, 0.2) is 30.3 Å². The van der Waals surface area contributed by atoms with E-state index in [0.29, 0.717) is 0 Å². The van der Waals surface area contributed by atoms with E-state index in [9.17, 15) is 0 Å². The summed E-state index contributed by atoms with van der Waals surface area (Å²) >= 11 is 0. The second kappa shape index (κ2) is 6.05. The summed E-state index contributed by atoms with van der Waals surface area (Å²) in [7, 11) is 0. The third-order valence-corrected chi connectivity index (χ3v) is 3.32. The van der Waals surface area contributed by atoms with Gasteiger partial charge >= 0.3 is 0 Å². The molecule has 18 heavy (non-hydrogen) atoms. The molecular weight excluding hydrogens is 222 g/mol. The van der Waals surface area contributed by atoms with E-state index in [2.05, 4.69) is 55.7 Å². The fraction of sp³-hybridized carbons (Fsp3) is 0.500. The van der Waals surface area contributed by atoms with E-state index in [1.165, 1.54) is 16.6 Å². The van der Waals surface area contributed by atoms with Crippen LogP contribution in [0.1, 0.15) is 26.0 Å². The van der Waals surface area contributed by atoms with Gasteiger partial charge in [-0.3, -0.25) is 0 Å². The van der Waals surface area contributed by atoms with Crippen molar-refractivity contribution < 1.29 is 4.74 Å². The highest BCUT2D eigenvalue weighted by Crippen LogP contribution is 2.18. The minimum Gasteiger partial charge on any atom is -0.380 e. The molecule has 0 unspecified atom stereocenters. The monoisotopic (exact) mass is 245 g/mol. The smallest absolute Gasteiger partial charge is 0.0645 e. The molecule has 2 aromatic rings. The number of para-hydroxylation sites is 1. The van der Waals surface area contributed by atoms with Gasteiger partial charge in [0.25, 0.3) is 0 Å². The fourth-order valence-corrected chi connectivity index (χ4v) is 2.22. The highest BCUT2D eigenvalue weighted by Gasteiger charge is 2.04. The molecule has 0 saturated heterocycles. The van der Waals surface area contributed by atoms with Crippen LogP contribution in [-0.4, -0.2) is 17.8 Å². The van der Waals surface area contributed by atoms with E-state index < -0.39 is 0 Å². The van der Waals surface area contributed by atoms with Crippen molar-refractivity contribution in [1.82, 2.24) is 4.57 Å². The Morgan fingerprint density at radius 1 is 1.17 bits per heavy atom. The van der Waals surface area contributed by atoms with Crippen LogP contribution < -0.4 is 0 Å². The van der Waals surface area contributed by atoms with Gasteiger partial charge in [-0.25, -0.2) is 0 Å². The molecule has 2 nitrogen and oxygen atoms in total. The first-order valence-corrected chi connectivity index (χ1v) is 6.81. The zero-order valence-corrected chi connectivity index (χ0v) is 11.6. The van der Waals surface area contributed by atoms with Crippen LogP contribution in [-0.2, 0) is 11.3 Å². The first-order valence-electron chi connectivity index (χ1n) is 6.81. The van der Waals surface area contributed by atoms with Gasteiger partial charge in [-0.2, -0.15) is 0 Å². The van der Waals surface area contributed by atoms with Crippen molar-refractivity contribution in [3.05, 3.63) is 36.0 Å². The van der Waals surface area contributed by atoms with Gasteiger partial charge in [0.05, 0.1) is 6.61 Å². The second-order valence-corrected chi connectivity index (χ2v) is 5.29. The predicted molar refractivity (Wildman–Crippen MR) is 76.9 cm³/mol. The van der Waals surface area contributed by atoms with Crippen LogP contribution in [0, 0.1) is 12.8 Å². The Morgan fingerprint density at radius 3 is 2.72 bits per heavy atom. The number of ether oxygens (including phenoxy) is 1. The van der Waals surface area contributed by atoms with E-state index in [-0.39, 0.29) is 0 Å². The predicted octanol–water partition coefficient (Wildman–Crippen LogP) is 4.01. The third-order valence-electron chi connectivity index (χ3n) is 3.32. The van der Waals surface area contributed by atoms with E-state index in [4.69, 9.17) is 4.74 Å². The summed E-state index contributed by atoms with van der Waals surface area (Å²) in [6, 6.07) is 10.8. The van der Waals surface area contributed by atoms with Gasteiger partial charge in [-0.1, -0.05) is 32.0 Å². The fourth-order valence-electron chi connectivity index (χ4n) is 2.22. The van der Waals surface area contributed by atoms with Gasteiger partial charge in [0.15, 0.2) is 0 Å². The minimum absolute atomic E-state index is 0.721. The molecule has 98 valence electrons. The number of hydrogen-bond acceptors (Lipinski definition) is 1. The van der Waals surface area contributed by atoms with Crippen molar-refractivity contribution in [2.24, 2.45) is 5.92 Å². The van der Waals surface area contributed by atoms with E-state index >= 15 is 0 Å². The molecule has 0 amide bonds. The zero-order valence-electron chi connectivity index (χ0n) is 11.6. The second-order valence-electron chi connectivity index (χ2n) is 5.29. The van der Waals surface area contributed by atoms with Crippen molar-refractivity contribution >= 4 is 10.9 Å². The molecule has 0 atom stereocenters. The van der Waals surface area contributed by atoms with Gasteiger partial charge in [-0.05, 0) is 36.8 Å². The van der Waals surface area contributed by atoms with Crippen molar-refractivity contribution in [2.75, 3.05) is 13.2 Å². The highest BCUT2D eigenvalue weighted by molar-refractivity contribution is 5.81. The van der Waals surface area contributed by atoms with Crippen molar-refractivity contribution in [1.29, 1.82) is 0 Å². The topological polar surface area (TPSA) is 14.2 Å². The van der Waals surface area contributed by atoms with E-state index in [1.807, 2.05) is 0 Å². The SMILES string of the molecule is Cc1cc2ccccc2n1CCOCCC(C)C. The molecule has 1 heterocycles. The lowest BCUT2D eigenvalue weighted by atomic mass is 10.1. The van der Waals surface area contributed by atoms with E-state index in [1.54, 1.807) is 0 Å². The van der Waals surface area contributed by atoms with Crippen LogP contribution in [0.3, 0.4) is 0 Å². The molecule has 0 bridgehead atoms. The van der Waals surface area contributed by atoms with Crippen molar-refractivity contribution in [2.45, 2.75) is 33.7 Å². The van der Waals surface area contributed by atoms with Crippen LogP contribution in [0.4, 0.5) is 0 Å². The molecule has 0 aliphatic rings. The highest BCUT2D eigenvalue weighted by atomic mass is 16.5. The number of benzene rings is 1. The maximum absolute atomic E-state index is 5.70. The summed E-state index contributed by atoms with van der Waals surface area (Å²) in [5.41, 5.74) is 2.62. The van der Waals surface area contributed by atoms with Crippen LogP contribution in [0.2, 0.25) is 0 Å². The Labute approximate surface area is 110 Å². The maximum atomic E-state index is 5.70. The summed E-state index contributed by atoms with van der Waals surface area (Å²) in [5, 5.41) is 1.32. The number of hydrogen-bond donors (Lipinski definition) is 0. The van der Waals surface area contributed by atoms with Gasteiger partial charge in [-0.15, -0.1) is 0 Å². The summed E-state index contributed by atoms with van der Waals surface area (Å²) in [5.74, 6) is 0.721. The lowest BCUT2D eigenvalue weighted by Gasteiger charge is -2.10. The molecule has 2 heteroatoms. The van der Waals surface area contributed by atoms with Crippen molar-refractivity contribution in [3.8, 4) is 0 Å². The number of rotatable bonds is 6. The van der Waals surface area contributed by atoms with Gasteiger partial charge < -0.3 is 9.30 Å².